The maximum absolute atomic E-state index is 13.3. The van der Waals surface area contributed by atoms with E-state index in [1.165, 1.54) is 28.0 Å². The zero-order valence-corrected chi connectivity index (χ0v) is 18.4. The quantitative estimate of drug-likeness (QED) is 0.559. The molecule has 1 aliphatic heterocycles. The molecule has 33 heavy (non-hydrogen) atoms. The van der Waals surface area contributed by atoms with Crippen molar-refractivity contribution in [3.05, 3.63) is 69.6 Å². The van der Waals surface area contributed by atoms with Crippen molar-refractivity contribution in [2.75, 3.05) is 17.2 Å². The summed E-state index contributed by atoms with van der Waals surface area (Å²) < 4.78 is 40.7. The number of rotatable bonds is 4. The van der Waals surface area contributed by atoms with E-state index in [9.17, 15) is 22.8 Å². The lowest BCUT2D eigenvalue weighted by Gasteiger charge is -2.32. The Labute approximate surface area is 192 Å². The van der Waals surface area contributed by atoms with Crippen molar-refractivity contribution in [3.8, 4) is 0 Å². The smallest absolute Gasteiger partial charge is 0.384 e. The third-order valence-electron chi connectivity index (χ3n) is 5.54. The highest BCUT2D eigenvalue weighted by atomic mass is 35.5. The number of nitrogens with zero attached hydrogens (tertiary/aromatic N) is 4. The van der Waals surface area contributed by atoms with Crippen molar-refractivity contribution in [1.82, 2.24) is 14.8 Å². The zero-order valence-electron chi connectivity index (χ0n) is 17.7. The average molecular weight is 478 g/mol. The first kappa shape index (κ1) is 22.8. The second-order valence-corrected chi connectivity index (χ2v) is 8.32. The number of carbonyl (C=O) groups excluding carboxylic acids is 2. The van der Waals surface area contributed by atoms with E-state index < -0.39 is 22.7 Å². The first-order chi connectivity index (χ1) is 15.5. The summed E-state index contributed by atoms with van der Waals surface area (Å²) in [5.74, 6) is -0.441. The molecule has 7 nitrogen and oxygen atoms in total. The number of ketones is 1. The second-order valence-electron chi connectivity index (χ2n) is 7.91. The Hall–Kier alpha value is -3.40. The number of alkyl halides is 3. The van der Waals surface area contributed by atoms with Gasteiger partial charge in [-0.2, -0.15) is 18.3 Å². The number of aromatic nitrogens is 3. The Morgan fingerprint density at radius 1 is 1.27 bits per heavy atom. The van der Waals surface area contributed by atoms with Crippen LogP contribution in [0.5, 0.6) is 0 Å². The van der Waals surface area contributed by atoms with Crippen LogP contribution in [0.2, 0.25) is 5.02 Å². The SMILES string of the molecule is Cc1cc(N)ncc1C(=O)Cc1cnn2c1C(=O)N(c1ccc(C(F)(F)F)c(Cl)c1)C[C@@H]2C. The van der Waals surface area contributed by atoms with Gasteiger partial charge in [-0.25, -0.2) is 4.98 Å². The molecule has 1 atom stereocenters. The molecule has 2 aromatic heterocycles. The predicted molar refractivity (Wildman–Crippen MR) is 116 cm³/mol. The number of nitrogen functional groups attached to an aromatic ring is 1. The van der Waals surface area contributed by atoms with E-state index in [1.807, 2.05) is 6.92 Å². The molecule has 0 saturated heterocycles. The van der Waals surface area contributed by atoms with E-state index in [-0.39, 0.29) is 36.2 Å². The Balaban J connectivity index is 1.66. The van der Waals surface area contributed by atoms with Crippen molar-refractivity contribution in [2.24, 2.45) is 0 Å². The Bertz CT molecular complexity index is 1270. The number of carbonyl (C=O) groups is 2. The number of benzene rings is 1. The molecule has 0 fully saturated rings. The van der Waals surface area contributed by atoms with Crippen molar-refractivity contribution in [2.45, 2.75) is 32.5 Å². The Morgan fingerprint density at radius 3 is 2.64 bits per heavy atom. The average Bonchev–Trinajstić information content (AvgIpc) is 3.14. The molecule has 0 bridgehead atoms. The highest BCUT2D eigenvalue weighted by Gasteiger charge is 2.36. The number of aryl methyl sites for hydroxylation is 1. The van der Waals surface area contributed by atoms with Crippen LogP contribution in [-0.4, -0.2) is 33.0 Å². The number of hydrogen-bond donors (Lipinski definition) is 1. The lowest BCUT2D eigenvalue weighted by molar-refractivity contribution is -0.137. The standard InChI is InChI=1S/C22H19ClF3N5O2/c1-11-5-19(27)28-9-15(11)18(32)6-13-8-29-31-12(2)10-30(21(33)20(13)31)14-3-4-16(17(23)7-14)22(24,25)26/h3-5,7-9,12H,6,10H2,1-2H3,(H2,27,28)/t12-/m0/s1. The summed E-state index contributed by atoms with van der Waals surface area (Å²) in [5, 5.41) is 3.77. The first-order valence-electron chi connectivity index (χ1n) is 9.97. The molecular formula is C22H19ClF3N5O2. The number of nitrogens with two attached hydrogens (primary N) is 1. The molecule has 3 heterocycles. The fraction of sp³-hybridized carbons (Fsp3) is 0.273. The minimum Gasteiger partial charge on any atom is -0.384 e. The van der Waals surface area contributed by atoms with Crippen molar-refractivity contribution in [1.29, 1.82) is 0 Å². The van der Waals surface area contributed by atoms with E-state index in [2.05, 4.69) is 10.1 Å². The molecule has 0 saturated carbocycles. The van der Waals surface area contributed by atoms with Crippen LogP contribution in [0.3, 0.4) is 0 Å². The summed E-state index contributed by atoms with van der Waals surface area (Å²) in [4.78, 5) is 31.5. The highest BCUT2D eigenvalue weighted by Crippen LogP contribution is 2.38. The zero-order chi connectivity index (χ0) is 24.1. The molecule has 0 unspecified atom stereocenters. The topological polar surface area (TPSA) is 94.1 Å². The van der Waals surface area contributed by atoms with Gasteiger partial charge in [0.05, 0.1) is 22.8 Å². The molecule has 11 heteroatoms. The number of anilines is 2. The van der Waals surface area contributed by atoms with Gasteiger partial charge >= 0.3 is 6.18 Å². The summed E-state index contributed by atoms with van der Waals surface area (Å²) in [7, 11) is 0. The monoisotopic (exact) mass is 477 g/mol. The minimum atomic E-state index is -4.60. The summed E-state index contributed by atoms with van der Waals surface area (Å²) in [6.07, 6.45) is -1.84. The van der Waals surface area contributed by atoms with Crippen LogP contribution in [0.4, 0.5) is 24.7 Å². The molecule has 0 radical (unpaired) electrons. The van der Waals surface area contributed by atoms with E-state index in [0.29, 0.717) is 22.5 Å². The maximum Gasteiger partial charge on any atom is 0.417 e. The summed E-state index contributed by atoms with van der Waals surface area (Å²) in [5.41, 5.74) is 6.56. The van der Waals surface area contributed by atoms with Gasteiger partial charge < -0.3 is 10.6 Å². The van der Waals surface area contributed by atoms with Gasteiger partial charge in [0.25, 0.3) is 5.91 Å². The largest absolute Gasteiger partial charge is 0.417 e. The first-order valence-corrected chi connectivity index (χ1v) is 10.4. The third kappa shape index (κ3) is 4.18. The molecule has 3 aromatic rings. The maximum atomic E-state index is 13.3. The molecule has 1 aliphatic rings. The van der Waals surface area contributed by atoms with Crippen molar-refractivity contribution < 1.29 is 22.8 Å². The van der Waals surface area contributed by atoms with Gasteiger partial charge in [0.15, 0.2) is 5.78 Å². The fourth-order valence-corrected chi connectivity index (χ4v) is 4.19. The van der Waals surface area contributed by atoms with Crippen molar-refractivity contribution in [3.63, 3.8) is 0 Å². The number of hydrogen-bond acceptors (Lipinski definition) is 5. The summed E-state index contributed by atoms with van der Waals surface area (Å²) in [6.45, 7) is 3.74. The molecule has 0 spiro atoms. The summed E-state index contributed by atoms with van der Waals surface area (Å²) >= 11 is 5.86. The Morgan fingerprint density at radius 2 is 2.00 bits per heavy atom. The van der Waals surface area contributed by atoms with Crippen LogP contribution >= 0.6 is 11.6 Å². The fourth-order valence-electron chi connectivity index (χ4n) is 3.91. The van der Waals surface area contributed by atoms with Crippen molar-refractivity contribution >= 4 is 34.8 Å². The van der Waals surface area contributed by atoms with E-state index in [1.54, 1.807) is 13.0 Å². The Kier molecular flexibility index (Phi) is 5.65. The van der Waals surface area contributed by atoms with Gasteiger partial charge in [-0.3, -0.25) is 14.3 Å². The lowest BCUT2D eigenvalue weighted by Crippen LogP contribution is -2.43. The van der Waals surface area contributed by atoms with E-state index in [0.717, 1.165) is 12.1 Å². The predicted octanol–water partition coefficient (Wildman–Crippen LogP) is 4.49. The van der Waals surface area contributed by atoms with Gasteiger partial charge in [0.2, 0.25) is 0 Å². The molecule has 0 aliphatic carbocycles. The van der Waals surface area contributed by atoms with Crippen LogP contribution in [0, 0.1) is 6.92 Å². The number of halogens is 4. The van der Waals surface area contributed by atoms with Gasteiger partial charge in [-0.05, 0) is 43.7 Å². The van der Waals surface area contributed by atoms with Gasteiger partial charge in [0, 0.05) is 36.0 Å². The third-order valence-corrected chi connectivity index (χ3v) is 5.85. The number of Topliss-reactive ketones (excluding diaryl/α,β-unsaturated/α-hetero) is 1. The van der Waals surface area contributed by atoms with Gasteiger partial charge in [-0.15, -0.1) is 0 Å². The van der Waals surface area contributed by atoms with Crippen LogP contribution in [-0.2, 0) is 12.6 Å². The molecule has 4 rings (SSSR count). The molecule has 1 aromatic carbocycles. The lowest BCUT2D eigenvalue weighted by atomic mass is 10.00. The van der Waals surface area contributed by atoms with E-state index in [4.69, 9.17) is 17.3 Å². The molecule has 2 N–H and O–H groups in total. The normalized spacial score (nSPS) is 16.1. The van der Waals surface area contributed by atoms with Crippen LogP contribution in [0.25, 0.3) is 0 Å². The number of pyridine rings is 1. The molecular weight excluding hydrogens is 459 g/mol. The number of amides is 1. The number of fused-ring (bicyclic) bond motifs is 1. The minimum absolute atomic E-state index is 0.0954. The molecule has 1 amide bonds. The van der Waals surface area contributed by atoms with Gasteiger partial charge in [-0.1, -0.05) is 11.6 Å². The van der Waals surface area contributed by atoms with Crippen LogP contribution in [0.15, 0.2) is 36.7 Å². The second kappa shape index (κ2) is 8.18. The molecule has 172 valence electrons. The summed E-state index contributed by atoms with van der Waals surface area (Å²) in [6, 6.07) is 4.49. The van der Waals surface area contributed by atoms with Crippen LogP contribution < -0.4 is 10.6 Å². The van der Waals surface area contributed by atoms with E-state index >= 15 is 0 Å². The highest BCUT2D eigenvalue weighted by molar-refractivity contribution is 6.31. The van der Waals surface area contributed by atoms with Gasteiger partial charge in [0.1, 0.15) is 11.5 Å². The van der Waals surface area contributed by atoms with Crippen LogP contribution in [0.1, 0.15) is 50.5 Å².